The molecular weight excluding hydrogens is 617 g/mol. The molecule has 10 aromatic rings. The first-order chi connectivity index (χ1) is 25.2. The molecule has 1 aromatic heterocycles. The Hall–Kier alpha value is -6.95. The molecule has 0 aliphatic carbocycles. The van der Waals surface area contributed by atoms with Crippen molar-refractivity contribution in [3.05, 3.63) is 193 Å². The van der Waals surface area contributed by atoms with Gasteiger partial charge in [-0.25, -0.2) is 4.85 Å². The van der Waals surface area contributed by atoms with Crippen LogP contribution in [0.15, 0.2) is 182 Å². The number of para-hydroxylation sites is 1. The first kappa shape index (κ1) is 29.0. The van der Waals surface area contributed by atoms with E-state index < -0.39 is 0 Å². The fourth-order valence-corrected chi connectivity index (χ4v) is 8.03. The minimum atomic E-state index is 0.647. The van der Waals surface area contributed by atoms with Crippen LogP contribution in [0.1, 0.15) is 0 Å². The van der Waals surface area contributed by atoms with Gasteiger partial charge in [0.2, 0.25) is 0 Å². The van der Waals surface area contributed by atoms with Crippen molar-refractivity contribution in [2.24, 2.45) is 0 Å². The van der Waals surface area contributed by atoms with Crippen LogP contribution in [0, 0.1) is 6.57 Å². The summed E-state index contributed by atoms with van der Waals surface area (Å²) in [6, 6.07) is 65.3. The monoisotopic (exact) mass is 646 g/mol. The fraction of sp³-hybridized carbons (Fsp3) is 0. The van der Waals surface area contributed by atoms with Gasteiger partial charge in [-0.15, -0.1) is 0 Å². The maximum Gasteiger partial charge on any atom is 0.188 e. The van der Waals surface area contributed by atoms with Crippen LogP contribution in [0.2, 0.25) is 0 Å². The van der Waals surface area contributed by atoms with Gasteiger partial charge in [0.1, 0.15) is 0 Å². The van der Waals surface area contributed by atoms with E-state index in [0.717, 1.165) is 38.6 Å². The van der Waals surface area contributed by atoms with E-state index in [0.29, 0.717) is 5.69 Å². The van der Waals surface area contributed by atoms with E-state index >= 15 is 0 Å². The first-order valence-corrected chi connectivity index (χ1v) is 17.3. The van der Waals surface area contributed by atoms with E-state index in [9.17, 15) is 0 Å². The topological polar surface area (TPSA) is 9.29 Å². The molecule has 0 N–H and O–H groups in total. The summed E-state index contributed by atoms with van der Waals surface area (Å²) in [7, 11) is 0. The van der Waals surface area contributed by atoms with Crippen molar-refractivity contribution < 1.29 is 0 Å². The van der Waals surface area contributed by atoms with Crippen LogP contribution >= 0.6 is 0 Å². The van der Waals surface area contributed by atoms with Gasteiger partial charge in [0.25, 0.3) is 0 Å². The average Bonchev–Trinajstić information content (AvgIpc) is 3.53. The summed E-state index contributed by atoms with van der Waals surface area (Å²) in [6.45, 7) is 7.70. The summed E-state index contributed by atoms with van der Waals surface area (Å²) >= 11 is 0. The average molecular weight is 647 g/mol. The Morgan fingerprint density at radius 1 is 0.333 bits per heavy atom. The highest BCUT2D eigenvalue weighted by molar-refractivity contribution is 6.24. The summed E-state index contributed by atoms with van der Waals surface area (Å²) in [5.74, 6) is 0. The van der Waals surface area contributed by atoms with E-state index in [2.05, 4.69) is 173 Å². The Morgan fingerprint density at radius 3 is 1.51 bits per heavy atom. The van der Waals surface area contributed by atoms with Crippen LogP contribution < -0.4 is 0 Å². The second kappa shape index (κ2) is 11.6. The predicted molar refractivity (Wildman–Crippen MR) is 216 cm³/mol. The van der Waals surface area contributed by atoms with Gasteiger partial charge in [-0.2, -0.15) is 0 Å². The van der Waals surface area contributed by atoms with Gasteiger partial charge in [0, 0.05) is 11.1 Å². The Kier molecular flexibility index (Phi) is 6.59. The molecule has 0 aliphatic rings. The molecule has 1 heterocycles. The smallest absolute Gasteiger partial charge is 0.188 e. The zero-order valence-corrected chi connectivity index (χ0v) is 27.7. The van der Waals surface area contributed by atoms with Crippen molar-refractivity contribution in [2.75, 3.05) is 0 Å². The van der Waals surface area contributed by atoms with Gasteiger partial charge in [0.05, 0.1) is 17.6 Å². The van der Waals surface area contributed by atoms with E-state index in [-0.39, 0.29) is 0 Å². The van der Waals surface area contributed by atoms with Gasteiger partial charge < -0.3 is 4.57 Å². The largest absolute Gasteiger partial charge is 0.309 e. The van der Waals surface area contributed by atoms with Crippen molar-refractivity contribution in [3.8, 4) is 39.1 Å². The molecule has 0 saturated heterocycles. The normalized spacial score (nSPS) is 11.5. The van der Waals surface area contributed by atoms with Crippen molar-refractivity contribution in [1.29, 1.82) is 0 Å². The molecule has 0 saturated carbocycles. The number of rotatable bonds is 4. The van der Waals surface area contributed by atoms with Crippen LogP contribution in [0.25, 0.3) is 98.0 Å². The number of hydrogen-bond acceptors (Lipinski definition) is 0. The van der Waals surface area contributed by atoms with Crippen molar-refractivity contribution in [1.82, 2.24) is 4.57 Å². The van der Waals surface area contributed by atoms with Crippen LogP contribution in [0.4, 0.5) is 5.69 Å². The summed E-state index contributed by atoms with van der Waals surface area (Å²) in [6.07, 6.45) is 0. The van der Waals surface area contributed by atoms with E-state index in [4.69, 9.17) is 6.57 Å². The molecule has 0 fully saturated rings. The fourth-order valence-electron chi connectivity index (χ4n) is 8.03. The molecule has 0 unspecified atom stereocenters. The molecule has 2 heteroatoms. The van der Waals surface area contributed by atoms with Crippen molar-refractivity contribution >= 4 is 59.8 Å². The van der Waals surface area contributed by atoms with E-state index in [1.165, 1.54) is 54.6 Å². The van der Waals surface area contributed by atoms with Gasteiger partial charge >= 0.3 is 0 Å². The van der Waals surface area contributed by atoms with E-state index in [1.54, 1.807) is 0 Å². The zero-order valence-electron chi connectivity index (χ0n) is 27.7. The number of fused-ring (bicyclic) bond motifs is 8. The molecular formula is C49H30N2. The van der Waals surface area contributed by atoms with Crippen LogP contribution in [-0.4, -0.2) is 4.57 Å². The number of benzene rings is 9. The lowest BCUT2D eigenvalue weighted by Gasteiger charge is -2.16. The molecule has 0 radical (unpaired) electrons. The first-order valence-electron chi connectivity index (χ1n) is 17.3. The number of nitrogens with zero attached hydrogens (tertiary/aromatic N) is 2. The predicted octanol–water partition coefficient (Wildman–Crippen LogP) is 13.8. The maximum absolute atomic E-state index is 7.70. The van der Waals surface area contributed by atoms with Gasteiger partial charge in [0.15, 0.2) is 5.69 Å². The van der Waals surface area contributed by atoms with Crippen molar-refractivity contribution in [2.45, 2.75) is 0 Å². The Bertz CT molecular complexity index is 3020. The lowest BCUT2D eigenvalue weighted by atomic mass is 9.87. The number of aromatic nitrogens is 1. The van der Waals surface area contributed by atoms with Gasteiger partial charge in [-0.05, 0) is 126 Å². The third kappa shape index (κ3) is 4.64. The molecule has 0 amide bonds. The van der Waals surface area contributed by atoms with Crippen LogP contribution in [0.3, 0.4) is 0 Å². The Labute approximate surface area is 295 Å². The molecule has 51 heavy (non-hydrogen) atoms. The highest BCUT2D eigenvalue weighted by Crippen LogP contribution is 2.43. The van der Waals surface area contributed by atoms with Gasteiger partial charge in [-0.3, -0.25) is 0 Å². The summed E-state index contributed by atoms with van der Waals surface area (Å²) in [5, 5.41) is 9.76. The molecule has 0 spiro atoms. The van der Waals surface area contributed by atoms with Crippen molar-refractivity contribution in [3.63, 3.8) is 0 Å². The molecule has 0 bridgehead atoms. The Morgan fingerprint density at radius 2 is 0.843 bits per heavy atom. The molecule has 236 valence electrons. The third-order valence-corrected chi connectivity index (χ3v) is 10.4. The standard InChI is InChI=1S/C49H30N2/c1-50-36-24-26-49-47(29-36)46-28-34(23-25-48(46)51(49)37-17-6-3-7-18-37)33-15-12-16-35(27-33)43-31-45-40-21-10-8-19-38(40)42(32-13-4-2-5-14-32)30-44(45)41-22-11-9-20-39(41)43/h2-31H. The molecule has 0 aliphatic heterocycles. The maximum atomic E-state index is 7.70. The van der Waals surface area contributed by atoms with Gasteiger partial charge in [-0.1, -0.05) is 127 Å². The highest BCUT2D eigenvalue weighted by atomic mass is 15.0. The quantitative estimate of drug-likeness (QED) is 0.133. The summed E-state index contributed by atoms with van der Waals surface area (Å²) in [5.41, 5.74) is 11.2. The summed E-state index contributed by atoms with van der Waals surface area (Å²) < 4.78 is 2.30. The lowest BCUT2D eigenvalue weighted by molar-refractivity contribution is 1.18. The second-order valence-corrected chi connectivity index (χ2v) is 13.2. The lowest BCUT2D eigenvalue weighted by Crippen LogP contribution is -1.92. The second-order valence-electron chi connectivity index (χ2n) is 13.2. The minimum Gasteiger partial charge on any atom is -0.309 e. The molecule has 0 atom stereocenters. The third-order valence-electron chi connectivity index (χ3n) is 10.4. The summed E-state index contributed by atoms with van der Waals surface area (Å²) in [4.78, 5) is 3.76. The SMILES string of the molecule is [C-]#[N+]c1ccc2c(c1)c1cc(-c3cccc(-c4cc5c6ccccc6c(-c6ccccc6)cc5c5ccccc45)c3)ccc1n2-c1ccccc1. The molecule has 9 aromatic carbocycles. The highest BCUT2D eigenvalue weighted by Gasteiger charge is 2.17. The zero-order chi connectivity index (χ0) is 33.9. The molecule has 10 rings (SSSR count). The minimum absolute atomic E-state index is 0.647. The molecule has 2 nitrogen and oxygen atoms in total. The Balaban J connectivity index is 1.18. The number of hydrogen-bond donors (Lipinski definition) is 0. The van der Waals surface area contributed by atoms with E-state index in [1.807, 2.05) is 18.2 Å². The van der Waals surface area contributed by atoms with Crippen LogP contribution in [-0.2, 0) is 0 Å². The van der Waals surface area contributed by atoms with Crippen LogP contribution in [0.5, 0.6) is 0 Å².